The number of rotatable bonds is 5. The van der Waals surface area contributed by atoms with Gasteiger partial charge in [-0.1, -0.05) is 6.92 Å². The van der Waals surface area contributed by atoms with Crippen LogP contribution < -0.4 is 5.32 Å². The second-order valence-corrected chi connectivity index (χ2v) is 3.12. The van der Waals surface area contributed by atoms with E-state index in [1.54, 1.807) is 7.05 Å². The van der Waals surface area contributed by atoms with E-state index in [1.807, 2.05) is 17.9 Å². The summed E-state index contributed by atoms with van der Waals surface area (Å²) in [6, 6.07) is 1.91. The molecule has 4 nitrogen and oxygen atoms in total. The second-order valence-electron chi connectivity index (χ2n) is 2.60. The van der Waals surface area contributed by atoms with Crippen LogP contribution in [0, 0.1) is 11.3 Å². The van der Waals surface area contributed by atoms with Gasteiger partial charge in [-0.05, 0) is 6.54 Å². The molecule has 0 radical (unpaired) electrons. The first kappa shape index (κ1) is 12.2. The number of alkyl halides is 1. The molecule has 0 saturated carbocycles. The van der Waals surface area contributed by atoms with Gasteiger partial charge in [-0.15, -0.1) is 11.6 Å². The SMILES string of the molecule is CCN(CC(=O)NC)CC(Cl)C#N. The highest BCUT2D eigenvalue weighted by molar-refractivity contribution is 6.22. The molecule has 0 aliphatic heterocycles. The van der Waals surface area contributed by atoms with E-state index < -0.39 is 5.38 Å². The number of halogens is 1. The third-order valence-corrected chi connectivity index (χ3v) is 1.89. The molecule has 0 aromatic rings. The summed E-state index contributed by atoms with van der Waals surface area (Å²) in [5.41, 5.74) is 0. The van der Waals surface area contributed by atoms with Gasteiger partial charge < -0.3 is 5.32 Å². The first-order chi connectivity index (χ1) is 6.13. The summed E-state index contributed by atoms with van der Waals surface area (Å²) in [7, 11) is 1.58. The van der Waals surface area contributed by atoms with Crippen molar-refractivity contribution in [2.75, 3.05) is 26.7 Å². The van der Waals surface area contributed by atoms with Crippen molar-refractivity contribution in [3.05, 3.63) is 0 Å². The molecule has 0 fully saturated rings. The lowest BCUT2D eigenvalue weighted by molar-refractivity contribution is -0.121. The van der Waals surface area contributed by atoms with E-state index >= 15 is 0 Å². The summed E-state index contributed by atoms with van der Waals surface area (Å²) in [6.07, 6.45) is 0. The highest BCUT2D eigenvalue weighted by Crippen LogP contribution is 1.98. The maximum atomic E-state index is 11.0. The third kappa shape index (κ3) is 5.45. The molecule has 0 aliphatic carbocycles. The summed E-state index contributed by atoms with van der Waals surface area (Å²) in [4.78, 5) is 12.8. The van der Waals surface area contributed by atoms with Crippen LogP contribution in [0.15, 0.2) is 0 Å². The molecule has 0 saturated heterocycles. The standard InChI is InChI=1S/C8H14ClN3O/c1-3-12(5-7(9)4-10)6-8(13)11-2/h7H,3,5-6H2,1-2H3,(H,11,13). The Hall–Kier alpha value is -0.790. The summed E-state index contributed by atoms with van der Waals surface area (Å²) < 4.78 is 0. The van der Waals surface area contributed by atoms with Gasteiger partial charge in [0.15, 0.2) is 0 Å². The number of hydrogen-bond donors (Lipinski definition) is 1. The van der Waals surface area contributed by atoms with Crippen molar-refractivity contribution in [3.8, 4) is 6.07 Å². The Labute approximate surface area is 83.5 Å². The fourth-order valence-electron chi connectivity index (χ4n) is 0.855. The quantitative estimate of drug-likeness (QED) is 0.649. The average molecular weight is 204 g/mol. The van der Waals surface area contributed by atoms with Gasteiger partial charge in [0.25, 0.3) is 0 Å². The number of amides is 1. The van der Waals surface area contributed by atoms with Crippen molar-refractivity contribution in [1.82, 2.24) is 10.2 Å². The number of hydrogen-bond acceptors (Lipinski definition) is 3. The summed E-state index contributed by atoms with van der Waals surface area (Å²) in [5, 5.41) is 10.4. The van der Waals surface area contributed by atoms with Crippen molar-refractivity contribution in [3.63, 3.8) is 0 Å². The Morgan fingerprint density at radius 1 is 1.77 bits per heavy atom. The lowest BCUT2D eigenvalue weighted by Gasteiger charge is -2.19. The lowest BCUT2D eigenvalue weighted by Crippen LogP contribution is -2.38. The van der Waals surface area contributed by atoms with E-state index in [0.29, 0.717) is 13.1 Å². The molecule has 1 N–H and O–H groups in total. The van der Waals surface area contributed by atoms with Crippen LogP contribution >= 0.6 is 11.6 Å². The maximum Gasteiger partial charge on any atom is 0.233 e. The smallest absolute Gasteiger partial charge is 0.233 e. The monoisotopic (exact) mass is 203 g/mol. The molecule has 0 heterocycles. The molecule has 0 rings (SSSR count). The first-order valence-corrected chi connectivity index (χ1v) is 4.54. The molecule has 1 unspecified atom stereocenters. The fraction of sp³-hybridized carbons (Fsp3) is 0.750. The van der Waals surface area contributed by atoms with Crippen LogP contribution in [0.2, 0.25) is 0 Å². The number of carbonyl (C=O) groups excluding carboxylic acids is 1. The molecule has 13 heavy (non-hydrogen) atoms. The van der Waals surface area contributed by atoms with Crippen LogP contribution in [0.5, 0.6) is 0 Å². The predicted octanol–water partition coefficient (Wildman–Crippen LogP) is 0.185. The minimum Gasteiger partial charge on any atom is -0.358 e. The van der Waals surface area contributed by atoms with Gasteiger partial charge in [0, 0.05) is 13.6 Å². The summed E-state index contributed by atoms with van der Waals surface area (Å²) >= 11 is 5.63. The number of carbonyl (C=O) groups is 1. The second kappa shape index (κ2) is 6.70. The van der Waals surface area contributed by atoms with Crippen LogP contribution in [0.4, 0.5) is 0 Å². The Morgan fingerprint density at radius 3 is 2.77 bits per heavy atom. The van der Waals surface area contributed by atoms with Crippen molar-refractivity contribution < 1.29 is 4.79 Å². The Bertz CT molecular complexity index is 202. The Kier molecular flexibility index (Phi) is 6.29. The van der Waals surface area contributed by atoms with Gasteiger partial charge in [0.05, 0.1) is 12.6 Å². The minimum absolute atomic E-state index is 0.0661. The van der Waals surface area contributed by atoms with Crippen molar-refractivity contribution >= 4 is 17.5 Å². The zero-order valence-corrected chi connectivity index (χ0v) is 8.64. The van der Waals surface area contributed by atoms with Crippen molar-refractivity contribution in [2.24, 2.45) is 0 Å². The minimum atomic E-state index is -0.551. The van der Waals surface area contributed by atoms with E-state index in [9.17, 15) is 4.79 Å². The maximum absolute atomic E-state index is 11.0. The molecule has 1 amide bonds. The largest absolute Gasteiger partial charge is 0.358 e. The molecular weight excluding hydrogens is 190 g/mol. The molecule has 1 atom stereocenters. The molecular formula is C8H14ClN3O. The van der Waals surface area contributed by atoms with E-state index in [1.165, 1.54) is 0 Å². The molecule has 0 bridgehead atoms. The Balaban J connectivity index is 3.90. The predicted molar refractivity (Wildman–Crippen MR) is 51.4 cm³/mol. The van der Waals surface area contributed by atoms with E-state index in [-0.39, 0.29) is 12.5 Å². The zero-order valence-electron chi connectivity index (χ0n) is 7.88. The van der Waals surface area contributed by atoms with Gasteiger partial charge in [0.2, 0.25) is 5.91 Å². The lowest BCUT2D eigenvalue weighted by atomic mass is 10.4. The normalized spacial score (nSPS) is 12.2. The topological polar surface area (TPSA) is 56.1 Å². The zero-order chi connectivity index (χ0) is 10.3. The Morgan fingerprint density at radius 2 is 2.38 bits per heavy atom. The number of likely N-dealkylation sites (N-methyl/N-ethyl adjacent to an activating group) is 2. The molecule has 0 aliphatic rings. The van der Waals surface area contributed by atoms with Gasteiger partial charge in [0.1, 0.15) is 5.38 Å². The van der Waals surface area contributed by atoms with Crippen molar-refractivity contribution in [2.45, 2.75) is 12.3 Å². The summed E-state index contributed by atoms with van der Waals surface area (Å²) in [5.74, 6) is -0.0661. The van der Waals surface area contributed by atoms with Gasteiger partial charge in [-0.2, -0.15) is 5.26 Å². The fourth-order valence-corrected chi connectivity index (χ4v) is 1.05. The van der Waals surface area contributed by atoms with Crippen LogP contribution in [0.1, 0.15) is 6.92 Å². The van der Waals surface area contributed by atoms with Crippen LogP contribution in [-0.2, 0) is 4.79 Å². The average Bonchev–Trinajstić information content (AvgIpc) is 2.16. The molecule has 74 valence electrons. The van der Waals surface area contributed by atoms with Gasteiger partial charge in [-0.25, -0.2) is 0 Å². The van der Waals surface area contributed by atoms with Crippen LogP contribution in [-0.4, -0.2) is 42.9 Å². The molecule has 0 aromatic carbocycles. The molecule has 0 aromatic heterocycles. The van der Waals surface area contributed by atoms with Crippen LogP contribution in [0.3, 0.4) is 0 Å². The number of nitrogens with one attached hydrogen (secondary N) is 1. The van der Waals surface area contributed by atoms with Gasteiger partial charge in [-0.3, -0.25) is 9.69 Å². The number of nitrogens with zero attached hydrogens (tertiary/aromatic N) is 2. The third-order valence-electron chi connectivity index (χ3n) is 1.65. The van der Waals surface area contributed by atoms with E-state index in [0.717, 1.165) is 0 Å². The highest BCUT2D eigenvalue weighted by Gasteiger charge is 2.11. The van der Waals surface area contributed by atoms with Crippen molar-refractivity contribution in [1.29, 1.82) is 5.26 Å². The first-order valence-electron chi connectivity index (χ1n) is 4.10. The summed E-state index contributed by atoms with van der Waals surface area (Å²) in [6.45, 7) is 3.34. The van der Waals surface area contributed by atoms with Crippen LogP contribution in [0.25, 0.3) is 0 Å². The van der Waals surface area contributed by atoms with E-state index in [4.69, 9.17) is 16.9 Å². The van der Waals surface area contributed by atoms with Gasteiger partial charge >= 0.3 is 0 Å². The molecule has 0 spiro atoms. The van der Waals surface area contributed by atoms with E-state index in [2.05, 4.69) is 5.32 Å². The number of nitriles is 1. The highest BCUT2D eigenvalue weighted by atomic mass is 35.5. The molecule has 5 heteroatoms.